The molecule has 6 heteroatoms. The second kappa shape index (κ2) is 12.3. The lowest BCUT2D eigenvalue weighted by Gasteiger charge is -2.34. The van der Waals surface area contributed by atoms with Gasteiger partial charge in [-0.05, 0) is 95.9 Å². The van der Waals surface area contributed by atoms with E-state index in [9.17, 15) is 0 Å². The van der Waals surface area contributed by atoms with Gasteiger partial charge in [0.2, 0.25) is 0 Å². The zero-order valence-corrected chi connectivity index (χ0v) is 22.4. The molecule has 2 aromatic heterocycles. The van der Waals surface area contributed by atoms with Gasteiger partial charge in [0, 0.05) is 25.5 Å². The molecule has 1 aliphatic heterocycles. The van der Waals surface area contributed by atoms with Crippen molar-refractivity contribution in [2.24, 2.45) is 5.92 Å². The monoisotopic (exact) mass is 533 g/mol. The predicted molar refractivity (Wildman–Crippen MR) is 148 cm³/mol. The van der Waals surface area contributed by atoms with Crippen molar-refractivity contribution in [3.63, 3.8) is 0 Å². The summed E-state index contributed by atoms with van der Waals surface area (Å²) in [6.07, 6.45) is 11.3. The Hall–Kier alpha value is -2.70. The van der Waals surface area contributed by atoms with Crippen molar-refractivity contribution in [1.82, 2.24) is 25.0 Å². The van der Waals surface area contributed by atoms with Crippen LogP contribution in [0.1, 0.15) is 48.9 Å². The van der Waals surface area contributed by atoms with Crippen molar-refractivity contribution in [2.75, 3.05) is 19.6 Å². The molecule has 2 atom stereocenters. The Bertz CT molecular complexity index is 1120. The van der Waals surface area contributed by atoms with Gasteiger partial charge in [-0.25, -0.2) is 4.68 Å². The Labute approximate surface area is 218 Å². The van der Waals surface area contributed by atoms with Crippen LogP contribution in [0.2, 0.25) is 0 Å². The van der Waals surface area contributed by atoms with Crippen molar-refractivity contribution in [1.29, 1.82) is 0 Å². The second-order valence-electron chi connectivity index (χ2n) is 9.55. The molecule has 4 rings (SSSR count). The van der Waals surface area contributed by atoms with Gasteiger partial charge in [-0.2, -0.15) is 5.10 Å². The number of hydrogen-bond acceptors (Lipinski definition) is 4. The third kappa shape index (κ3) is 6.92. The summed E-state index contributed by atoms with van der Waals surface area (Å²) < 4.78 is 2.95. The third-order valence-corrected chi connectivity index (χ3v) is 7.75. The van der Waals surface area contributed by atoms with E-state index in [0.717, 1.165) is 40.2 Å². The maximum Gasteiger partial charge on any atom is 0.128 e. The highest BCUT2D eigenvalue weighted by Gasteiger charge is 2.22. The van der Waals surface area contributed by atoms with E-state index in [1.807, 2.05) is 23.1 Å². The third-order valence-electron chi connectivity index (χ3n) is 6.97. The van der Waals surface area contributed by atoms with Crippen molar-refractivity contribution >= 4 is 21.8 Å². The number of likely N-dealkylation sites (tertiary alicyclic amines) is 1. The van der Waals surface area contributed by atoms with Crippen LogP contribution < -0.4 is 5.32 Å². The fourth-order valence-electron chi connectivity index (χ4n) is 4.69. The van der Waals surface area contributed by atoms with E-state index < -0.39 is 0 Å². The number of nitrogens with one attached hydrogen (secondary N) is 1. The van der Waals surface area contributed by atoms with Gasteiger partial charge < -0.3 is 10.2 Å². The molecule has 1 fully saturated rings. The topological polar surface area (TPSA) is 46.0 Å². The van der Waals surface area contributed by atoms with Gasteiger partial charge in [-0.1, -0.05) is 49.9 Å². The molecule has 0 spiro atoms. The standard InChI is InChI=1S/C29H36BrN5/c1-22(26-10-5-4-6-11-26)13-16-34-15-8-12-27(21-34)23(2)17-29(35-24(3)28(30)20-33-35)32-19-25-9-7-14-31-18-25/h4-7,9-11,14,17-18,20,22,27,32H,2,8,12-13,15-16,19,21H2,1,3H3/b29-17-. The lowest BCUT2D eigenvalue weighted by molar-refractivity contribution is 0.188. The molecule has 0 aliphatic carbocycles. The van der Waals surface area contributed by atoms with Crippen LogP contribution in [-0.4, -0.2) is 39.3 Å². The van der Waals surface area contributed by atoms with Crippen LogP contribution in [0.3, 0.4) is 0 Å². The smallest absolute Gasteiger partial charge is 0.128 e. The van der Waals surface area contributed by atoms with Crippen LogP contribution in [-0.2, 0) is 6.54 Å². The maximum absolute atomic E-state index is 4.59. The van der Waals surface area contributed by atoms with Crippen LogP contribution in [0.25, 0.3) is 5.82 Å². The molecule has 3 aromatic rings. The van der Waals surface area contributed by atoms with Gasteiger partial charge in [0.1, 0.15) is 5.82 Å². The summed E-state index contributed by atoms with van der Waals surface area (Å²) in [5, 5.41) is 8.16. The minimum absolute atomic E-state index is 0.449. The summed E-state index contributed by atoms with van der Waals surface area (Å²) in [7, 11) is 0. The first-order valence-corrected chi connectivity index (χ1v) is 13.3. The van der Waals surface area contributed by atoms with Crippen molar-refractivity contribution in [2.45, 2.75) is 45.6 Å². The number of benzene rings is 1. The summed E-state index contributed by atoms with van der Waals surface area (Å²) in [5.74, 6) is 1.96. The minimum atomic E-state index is 0.449. The van der Waals surface area contributed by atoms with Gasteiger partial charge in [-0.15, -0.1) is 0 Å². The van der Waals surface area contributed by atoms with Gasteiger partial charge in [-0.3, -0.25) is 4.98 Å². The first kappa shape index (κ1) is 25.4. The number of nitrogens with zero attached hydrogens (tertiary/aromatic N) is 4. The first-order valence-electron chi connectivity index (χ1n) is 12.5. The summed E-state index contributed by atoms with van der Waals surface area (Å²) in [6.45, 7) is 12.9. The number of aromatic nitrogens is 3. The second-order valence-corrected chi connectivity index (χ2v) is 10.4. The van der Waals surface area contributed by atoms with E-state index in [-0.39, 0.29) is 0 Å². The number of piperidine rings is 1. The molecular weight excluding hydrogens is 498 g/mol. The number of hydrogen-bond donors (Lipinski definition) is 1. The molecule has 1 aliphatic rings. The SMILES string of the molecule is C=C(/C=C(/NCc1cccnc1)n1ncc(Br)c1C)C1CCCN(CCC(C)c2ccccc2)C1. The van der Waals surface area contributed by atoms with Crippen LogP contribution >= 0.6 is 15.9 Å². The average molecular weight is 535 g/mol. The lowest BCUT2D eigenvalue weighted by atomic mass is 9.90. The molecular formula is C29H36BrN5. The number of halogens is 1. The van der Waals surface area contributed by atoms with E-state index in [2.05, 4.69) is 99.1 Å². The number of allylic oxidation sites excluding steroid dienone is 1. The van der Waals surface area contributed by atoms with E-state index in [4.69, 9.17) is 0 Å². The molecule has 1 saturated heterocycles. The molecule has 1 aromatic carbocycles. The summed E-state index contributed by atoms with van der Waals surface area (Å²) in [5.41, 5.74) is 4.77. The fraction of sp³-hybridized carbons (Fsp3) is 0.379. The lowest BCUT2D eigenvalue weighted by Crippen LogP contribution is -2.37. The molecule has 2 unspecified atom stereocenters. The zero-order chi connectivity index (χ0) is 24.6. The Morgan fingerprint density at radius 1 is 1.23 bits per heavy atom. The highest BCUT2D eigenvalue weighted by Crippen LogP contribution is 2.27. The summed E-state index contributed by atoms with van der Waals surface area (Å²) in [4.78, 5) is 6.85. The molecule has 3 heterocycles. The molecule has 5 nitrogen and oxygen atoms in total. The van der Waals surface area contributed by atoms with Gasteiger partial charge in [0.25, 0.3) is 0 Å². The molecule has 0 saturated carbocycles. The molecule has 0 radical (unpaired) electrons. The summed E-state index contributed by atoms with van der Waals surface area (Å²) >= 11 is 3.60. The highest BCUT2D eigenvalue weighted by molar-refractivity contribution is 9.10. The highest BCUT2D eigenvalue weighted by atomic mass is 79.9. The van der Waals surface area contributed by atoms with Crippen LogP contribution in [0.15, 0.2) is 83.8 Å². The first-order chi connectivity index (χ1) is 17.0. The van der Waals surface area contributed by atoms with Gasteiger partial charge >= 0.3 is 0 Å². The van der Waals surface area contributed by atoms with E-state index in [1.165, 1.54) is 31.4 Å². The maximum atomic E-state index is 4.59. The van der Waals surface area contributed by atoms with Crippen LogP contribution in [0, 0.1) is 12.8 Å². The Morgan fingerprint density at radius 3 is 2.77 bits per heavy atom. The number of pyridine rings is 1. The Kier molecular flexibility index (Phi) is 8.94. The van der Waals surface area contributed by atoms with Crippen molar-refractivity contribution in [3.8, 4) is 0 Å². The van der Waals surface area contributed by atoms with Crippen LogP contribution in [0.5, 0.6) is 0 Å². The fourth-order valence-corrected chi connectivity index (χ4v) is 4.95. The largest absolute Gasteiger partial charge is 0.366 e. The quantitative estimate of drug-likeness (QED) is 0.306. The minimum Gasteiger partial charge on any atom is -0.366 e. The molecule has 35 heavy (non-hydrogen) atoms. The van der Waals surface area contributed by atoms with Crippen LogP contribution in [0.4, 0.5) is 0 Å². The molecule has 1 N–H and O–H groups in total. The van der Waals surface area contributed by atoms with Crippen molar-refractivity contribution < 1.29 is 0 Å². The number of rotatable bonds is 10. The average Bonchev–Trinajstić information content (AvgIpc) is 3.24. The molecule has 0 amide bonds. The Balaban J connectivity index is 1.42. The molecule has 184 valence electrons. The van der Waals surface area contributed by atoms with Crippen molar-refractivity contribution in [3.05, 3.63) is 101 Å². The zero-order valence-electron chi connectivity index (χ0n) is 20.8. The predicted octanol–water partition coefficient (Wildman–Crippen LogP) is 6.40. The van der Waals surface area contributed by atoms with E-state index in [1.54, 1.807) is 6.20 Å². The molecule has 0 bridgehead atoms. The van der Waals surface area contributed by atoms with Gasteiger partial charge in [0.05, 0.1) is 16.4 Å². The Morgan fingerprint density at radius 2 is 2.06 bits per heavy atom. The summed E-state index contributed by atoms with van der Waals surface area (Å²) in [6, 6.07) is 14.9. The van der Waals surface area contributed by atoms with Gasteiger partial charge in [0.15, 0.2) is 0 Å². The van der Waals surface area contributed by atoms with E-state index >= 15 is 0 Å². The van der Waals surface area contributed by atoms with E-state index in [0.29, 0.717) is 18.4 Å². The normalized spacial score (nSPS) is 17.8.